The first kappa shape index (κ1) is 33.0. The van der Waals surface area contributed by atoms with Crippen LogP contribution in [0.5, 0.6) is 0 Å². The lowest BCUT2D eigenvalue weighted by Gasteiger charge is -2.22. The normalized spacial score (nSPS) is 13.1. The Morgan fingerprint density at radius 3 is 1.50 bits per heavy atom. The van der Waals surface area contributed by atoms with Crippen LogP contribution in [-0.2, 0) is 5.41 Å². The maximum absolute atomic E-state index is 2.48. The van der Waals surface area contributed by atoms with Crippen LogP contribution >= 0.6 is 0 Å². The van der Waals surface area contributed by atoms with Crippen LogP contribution in [0.1, 0.15) is 25.0 Å². The fraction of sp³-hybridized carbons (Fsp3) is 0.0526. The molecule has 0 atom stereocenters. The molecule has 1 aliphatic carbocycles. The van der Waals surface area contributed by atoms with Crippen LogP contribution in [0.3, 0.4) is 0 Å². The van der Waals surface area contributed by atoms with Crippen LogP contribution in [0.2, 0.25) is 0 Å². The van der Waals surface area contributed by atoms with E-state index >= 15 is 0 Å². The molecule has 0 saturated heterocycles. The smallest absolute Gasteiger partial charge is 0.0619 e. The van der Waals surface area contributed by atoms with Crippen molar-refractivity contribution in [3.05, 3.63) is 211 Å². The SMILES string of the molecule is CC1(C)c2ccccc2-c2ccc(-c3cc4c5ccccc5n(-c5ccc(-c6c7ccccc7c(-c7ccccc7)c7ccccc67)cc5)c4c4ccccc34)cc21. The molecule has 10 aromatic carbocycles. The van der Waals surface area contributed by atoms with Gasteiger partial charge in [0.15, 0.2) is 0 Å². The molecule has 0 bridgehead atoms. The van der Waals surface area contributed by atoms with Crippen molar-refractivity contribution >= 4 is 54.1 Å². The second-order valence-electron chi connectivity index (χ2n) is 16.4. The molecule has 272 valence electrons. The Balaban J connectivity index is 1.06. The lowest BCUT2D eigenvalue weighted by Crippen LogP contribution is -2.14. The highest BCUT2D eigenvalue weighted by Gasteiger charge is 2.35. The summed E-state index contributed by atoms with van der Waals surface area (Å²) < 4.78 is 2.48. The summed E-state index contributed by atoms with van der Waals surface area (Å²) in [6.07, 6.45) is 0. The maximum Gasteiger partial charge on any atom is 0.0619 e. The van der Waals surface area contributed by atoms with Gasteiger partial charge in [-0.15, -0.1) is 0 Å². The van der Waals surface area contributed by atoms with E-state index in [9.17, 15) is 0 Å². The molecule has 0 fully saturated rings. The fourth-order valence-electron chi connectivity index (χ4n) is 10.3. The standard InChI is InChI=1S/C57H39N/c1-57(2)51-26-14-12-19-41(51)42-33-30-38(34-52(42)57)49-35-50-43-20-13-15-27-53(43)58(56(50)48-25-11-6-18-40(48)49)39-31-28-37(29-32-39)55-46-23-9-7-21-44(46)54(36-16-4-3-5-17-36)45-22-8-10-24-47(45)55/h3-35H,1-2H3. The molecule has 0 spiro atoms. The zero-order chi connectivity index (χ0) is 38.5. The molecule has 0 radical (unpaired) electrons. The Morgan fingerprint density at radius 1 is 0.328 bits per heavy atom. The van der Waals surface area contributed by atoms with Crippen LogP contribution < -0.4 is 0 Å². The van der Waals surface area contributed by atoms with Gasteiger partial charge in [-0.05, 0) is 113 Å². The lowest BCUT2D eigenvalue weighted by atomic mass is 9.81. The van der Waals surface area contributed by atoms with Crippen molar-refractivity contribution in [3.8, 4) is 50.2 Å². The van der Waals surface area contributed by atoms with Crippen molar-refractivity contribution in [2.24, 2.45) is 0 Å². The second kappa shape index (κ2) is 12.4. The summed E-state index contributed by atoms with van der Waals surface area (Å²) in [6, 6.07) is 74.3. The van der Waals surface area contributed by atoms with Crippen molar-refractivity contribution in [2.75, 3.05) is 0 Å². The maximum atomic E-state index is 2.48. The molecule has 12 rings (SSSR count). The monoisotopic (exact) mass is 737 g/mol. The molecular weight excluding hydrogens is 699 g/mol. The molecule has 0 amide bonds. The lowest BCUT2D eigenvalue weighted by molar-refractivity contribution is 0.660. The molecule has 58 heavy (non-hydrogen) atoms. The fourth-order valence-corrected chi connectivity index (χ4v) is 10.3. The van der Waals surface area contributed by atoms with Crippen molar-refractivity contribution in [3.63, 3.8) is 0 Å². The molecule has 11 aromatic rings. The molecular formula is C57H39N. The summed E-state index contributed by atoms with van der Waals surface area (Å²) in [5, 5.41) is 10.1. The predicted octanol–water partition coefficient (Wildman–Crippen LogP) is 15.6. The van der Waals surface area contributed by atoms with Crippen LogP contribution in [-0.4, -0.2) is 4.57 Å². The van der Waals surface area contributed by atoms with Gasteiger partial charge in [-0.1, -0.05) is 184 Å². The van der Waals surface area contributed by atoms with Gasteiger partial charge in [-0.2, -0.15) is 0 Å². The number of aromatic nitrogens is 1. The van der Waals surface area contributed by atoms with Crippen molar-refractivity contribution in [2.45, 2.75) is 19.3 Å². The van der Waals surface area contributed by atoms with Gasteiger partial charge in [0.25, 0.3) is 0 Å². The summed E-state index contributed by atoms with van der Waals surface area (Å²) in [5.74, 6) is 0. The molecule has 0 N–H and O–H groups in total. The average Bonchev–Trinajstić information content (AvgIpc) is 3.74. The van der Waals surface area contributed by atoms with E-state index in [1.165, 1.54) is 110 Å². The Morgan fingerprint density at radius 2 is 0.828 bits per heavy atom. The van der Waals surface area contributed by atoms with Crippen molar-refractivity contribution in [1.29, 1.82) is 0 Å². The molecule has 0 aliphatic heterocycles. The van der Waals surface area contributed by atoms with E-state index in [0.717, 1.165) is 5.69 Å². The first-order chi connectivity index (χ1) is 28.6. The number of benzene rings is 10. The molecule has 0 saturated carbocycles. The van der Waals surface area contributed by atoms with E-state index in [2.05, 4.69) is 219 Å². The summed E-state index contributed by atoms with van der Waals surface area (Å²) >= 11 is 0. The largest absolute Gasteiger partial charge is 0.309 e. The quantitative estimate of drug-likeness (QED) is 0.159. The van der Waals surface area contributed by atoms with Crippen LogP contribution in [0.15, 0.2) is 200 Å². The van der Waals surface area contributed by atoms with Gasteiger partial charge in [0.1, 0.15) is 0 Å². The van der Waals surface area contributed by atoms with Crippen LogP contribution in [0, 0.1) is 0 Å². The highest BCUT2D eigenvalue weighted by Crippen LogP contribution is 2.51. The zero-order valence-electron chi connectivity index (χ0n) is 32.5. The van der Waals surface area contributed by atoms with E-state index in [1.54, 1.807) is 0 Å². The van der Waals surface area contributed by atoms with E-state index in [0.29, 0.717) is 0 Å². The Labute approximate surface area is 338 Å². The Kier molecular flexibility index (Phi) is 7.04. The number of hydrogen-bond acceptors (Lipinski definition) is 0. The van der Waals surface area contributed by atoms with Gasteiger partial charge in [0.2, 0.25) is 0 Å². The number of rotatable bonds is 4. The molecule has 1 heterocycles. The van der Waals surface area contributed by atoms with Gasteiger partial charge in [-0.25, -0.2) is 0 Å². The molecule has 0 unspecified atom stereocenters. The minimum absolute atomic E-state index is 0.0630. The van der Waals surface area contributed by atoms with Gasteiger partial charge < -0.3 is 4.57 Å². The first-order valence-corrected chi connectivity index (χ1v) is 20.4. The van der Waals surface area contributed by atoms with E-state index < -0.39 is 0 Å². The van der Waals surface area contributed by atoms with E-state index in [-0.39, 0.29) is 5.41 Å². The third-order valence-electron chi connectivity index (χ3n) is 13.0. The summed E-state index contributed by atoms with van der Waals surface area (Å²) in [6.45, 7) is 4.73. The van der Waals surface area contributed by atoms with E-state index in [4.69, 9.17) is 0 Å². The Hall–Kier alpha value is -7.22. The van der Waals surface area contributed by atoms with E-state index in [1.807, 2.05) is 0 Å². The zero-order valence-corrected chi connectivity index (χ0v) is 32.5. The highest BCUT2D eigenvalue weighted by atomic mass is 15.0. The number of para-hydroxylation sites is 1. The average molecular weight is 738 g/mol. The third-order valence-corrected chi connectivity index (χ3v) is 13.0. The molecule has 1 nitrogen and oxygen atoms in total. The van der Waals surface area contributed by atoms with Gasteiger partial charge in [0, 0.05) is 27.3 Å². The van der Waals surface area contributed by atoms with Gasteiger partial charge >= 0.3 is 0 Å². The highest BCUT2D eigenvalue weighted by molar-refractivity contribution is 6.23. The molecule has 1 heteroatoms. The van der Waals surface area contributed by atoms with Crippen LogP contribution in [0.4, 0.5) is 0 Å². The van der Waals surface area contributed by atoms with Gasteiger partial charge in [-0.3, -0.25) is 0 Å². The number of hydrogen-bond donors (Lipinski definition) is 0. The summed E-state index contributed by atoms with van der Waals surface area (Å²) in [4.78, 5) is 0. The molecule has 1 aromatic heterocycles. The van der Waals surface area contributed by atoms with Crippen LogP contribution in [0.25, 0.3) is 104 Å². The van der Waals surface area contributed by atoms with Gasteiger partial charge in [0.05, 0.1) is 11.0 Å². The van der Waals surface area contributed by atoms with Crippen molar-refractivity contribution < 1.29 is 0 Å². The minimum Gasteiger partial charge on any atom is -0.309 e. The summed E-state index contributed by atoms with van der Waals surface area (Å²) in [5.41, 5.74) is 16.6. The number of fused-ring (bicyclic) bond motifs is 10. The van der Waals surface area contributed by atoms with Crippen molar-refractivity contribution in [1.82, 2.24) is 4.57 Å². The summed E-state index contributed by atoms with van der Waals surface area (Å²) in [7, 11) is 0. The molecule has 1 aliphatic rings. The first-order valence-electron chi connectivity index (χ1n) is 20.4. The predicted molar refractivity (Wildman–Crippen MR) is 247 cm³/mol. The minimum atomic E-state index is -0.0630. The third kappa shape index (κ3) is 4.65. The second-order valence-corrected chi connectivity index (χ2v) is 16.4. The Bertz CT molecular complexity index is 3400. The number of nitrogens with zero attached hydrogens (tertiary/aromatic N) is 1. The topological polar surface area (TPSA) is 4.93 Å².